The van der Waals surface area contributed by atoms with Crippen molar-refractivity contribution in [1.82, 2.24) is 4.98 Å². The summed E-state index contributed by atoms with van der Waals surface area (Å²) in [7, 11) is -9.16. The van der Waals surface area contributed by atoms with Gasteiger partial charge in [-0.05, 0) is 234 Å². The van der Waals surface area contributed by atoms with Crippen LogP contribution in [0.1, 0.15) is 22.3 Å². The molecule has 624 valence electrons. The standard InChI is InChI=1S/C37H27OP.C35H26NOP.C28H21O2P.C16H13OPS3/c1-39(2,38)27-14-9-13-26(21-27)28-17-10-20-34-36(28)31-22-24-11-3-4-12-25(24)23-35(31)37(34)32-18-7-5-15-29(32)30-16-6-8-19-33(30)37;1-38(2,37)28-19-15-24(16-20-28)23-11-13-27(14-12-23)33-31-21-17-25-7-3-5-9-29(25)34(31)36-35-30-10-6-4-8-26(30)18-22-32(33)35;1-31(2,29)21-14-11-19(12-15-21)24-17-20-8-4-6-10-23(20)27-26-22-9-5-3-7-18(22)13-16-25(26)30-28(24)27;1-18(2,17)11-5-3-4-10(8-11)13-9-14-16(21-13)15-12(20-14)6-7-19-15/h3-23H,1-2H3;3-22H,1-2H3;3-17H,1-2H3;3-9H,1-2H3. The van der Waals surface area contributed by atoms with E-state index in [4.69, 9.17) is 9.40 Å². The summed E-state index contributed by atoms with van der Waals surface area (Å²) in [6.07, 6.45) is 0. The average molecular weight is 1800 g/mol. The van der Waals surface area contributed by atoms with E-state index in [0.717, 1.165) is 92.8 Å². The number of thiophene rings is 3. The van der Waals surface area contributed by atoms with Crippen molar-refractivity contribution in [2.75, 3.05) is 53.3 Å². The number of hydrogen-bond donors (Lipinski definition) is 0. The fourth-order valence-corrected chi connectivity index (χ4v) is 27.0. The first kappa shape index (κ1) is 82.0. The second kappa shape index (κ2) is 31.9. The third kappa shape index (κ3) is 14.3. The predicted octanol–water partition coefficient (Wildman–Crippen LogP) is 32.3. The monoisotopic (exact) mass is 1790 g/mol. The smallest absolute Gasteiger partial charge is 0.143 e. The third-order valence-corrected chi connectivity index (χ3v) is 35.7. The average Bonchev–Trinajstić information content (AvgIpc) is 1.50. The summed E-state index contributed by atoms with van der Waals surface area (Å²) in [6.45, 7) is 14.6. The molecule has 0 saturated carbocycles. The highest BCUT2D eigenvalue weighted by Gasteiger charge is 2.52. The zero-order valence-electron chi connectivity index (χ0n) is 72.4. The molecule has 0 amide bonds. The van der Waals surface area contributed by atoms with E-state index < -0.39 is 28.6 Å². The zero-order valence-corrected chi connectivity index (χ0v) is 78.4. The van der Waals surface area contributed by atoms with Crippen LogP contribution in [0.5, 0.6) is 0 Å². The van der Waals surface area contributed by atoms with E-state index in [9.17, 15) is 18.3 Å². The molecule has 0 saturated heterocycles. The lowest BCUT2D eigenvalue weighted by molar-refractivity contribution is 0.587. The largest absolute Gasteiger partial charge is 0.455 e. The van der Waals surface area contributed by atoms with E-state index in [-0.39, 0.29) is 5.41 Å². The van der Waals surface area contributed by atoms with Crippen molar-refractivity contribution in [1.29, 1.82) is 0 Å². The Hall–Kier alpha value is -12.7. The quantitative estimate of drug-likeness (QED) is 0.0812. The highest BCUT2D eigenvalue weighted by atomic mass is 32.1. The first-order valence-electron chi connectivity index (χ1n) is 43.4. The van der Waals surface area contributed by atoms with Gasteiger partial charge in [0, 0.05) is 78.9 Å². The second-order valence-electron chi connectivity index (χ2n) is 35.5. The van der Waals surface area contributed by atoms with Crippen molar-refractivity contribution >= 4 is 200 Å². The van der Waals surface area contributed by atoms with Crippen molar-refractivity contribution < 1.29 is 22.7 Å². The Labute approximate surface area is 761 Å². The number of fused-ring (bicyclic) bond motifs is 27. The van der Waals surface area contributed by atoms with Crippen LogP contribution in [0.2, 0.25) is 0 Å². The first-order valence-corrected chi connectivity index (χ1v) is 56.3. The van der Waals surface area contributed by atoms with Crippen LogP contribution in [-0.2, 0) is 23.7 Å². The maximum atomic E-state index is 13.1. The Kier molecular flexibility index (Phi) is 20.3. The number of pyridine rings is 1. The summed E-state index contributed by atoms with van der Waals surface area (Å²) < 4.78 is 62.3. The molecule has 0 unspecified atom stereocenters. The minimum Gasteiger partial charge on any atom is -0.455 e. The summed E-state index contributed by atoms with van der Waals surface area (Å²) in [4.78, 5) is 6.56. The van der Waals surface area contributed by atoms with Gasteiger partial charge in [-0.2, -0.15) is 0 Å². The van der Waals surface area contributed by atoms with E-state index in [1.807, 2.05) is 116 Å². The lowest BCUT2D eigenvalue weighted by Gasteiger charge is -2.30. The molecule has 0 N–H and O–H groups in total. The van der Waals surface area contributed by atoms with Crippen LogP contribution in [0.25, 0.3) is 194 Å². The molecule has 0 aliphatic heterocycles. The van der Waals surface area contributed by atoms with Crippen LogP contribution in [0.4, 0.5) is 0 Å². The molecule has 25 rings (SSSR count). The number of aromatic nitrogens is 1. The molecule has 0 fully saturated rings. The minimum atomic E-state index is -2.40. The summed E-state index contributed by atoms with van der Waals surface area (Å²) >= 11 is 5.52. The molecular formula is C116H87NO5P4S3. The van der Waals surface area contributed by atoms with Gasteiger partial charge in [0.1, 0.15) is 39.7 Å². The SMILES string of the molecule is CP(C)(=O)c1ccc(-c2cc3ccccc3c3c2oc2ccc4ccccc4c23)cc1.CP(C)(=O)c1ccc(-c2ccc(-c3c4ccc5ccccc5c4nc4c3ccc3ccccc34)cc2)cc1.CP(C)(=O)c1cccc(-c2cc3sc4ccsc4c3s2)c1.CP(C)(=O)c1cccc(-c2cccc3c2-c2cc4ccccc4cc2C32c3ccccc3-c3ccccc32)c1. The molecule has 13 heteroatoms. The Morgan fingerprint density at radius 2 is 0.721 bits per heavy atom. The number of nitrogens with zero attached hydrogens (tertiary/aromatic N) is 1. The molecule has 1 spiro atoms. The highest BCUT2D eigenvalue weighted by Crippen LogP contribution is 2.65. The molecular weight excluding hydrogens is 1710 g/mol. The van der Waals surface area contributed by atoms with Crippen LogP contribution in [0.15, 0.2) is 386 Å². The van der Waals surface area contributed by atoms with Crippen LogP contribution in [0, 0.1) is 0 Å². The number of furan rings is 1. The Morgan fingerprint density at radius 3 is 1.31 bits per heavy atom. The van der Waals surface area contributed by atoms with Crippen LogP contribution in [0.3, 0.4) is 0 Å². The number of hydrogen-bond acceptors (Lipinski definition) is 9. The molecule has 23 aromatic rings. The van der Waals surface area contributed by atoms with Gasteiger partial charge in [-0.15, -0.1) is 34.0 Å². The van der Waals surface area contributed by atoms with Gasteiger partial charge in [0.15, 0.2) is 0 Å². The van der Waals surface area contributed by atoms with Gasteiger partial charge in [0.2, 0.25) is 0 Å². The van der Waals surface area contributed by atoms with Gasteiger partial charge >= 0.3 is 0 Å². The Morgan fingerprint density at radius 1 is 0.271 bits per heavy atom. The number of rotatable bonds is 9. The third-order valence-electron chi connectivity index (χ3n) is 26.0. The van der Waals surface area contributed by atoms with Crippen molar-refractivity contribution in [2.24, 2.45) is 0 Å². The van der Waals surface area contributed by atoms with Crippen molar-refractivity contribution in [3.05, 3.63) is 404 Å². The molecule has 6 nitrogen and oxygen atoms in total. The predicted molar refractivity (Wildman–Crippen MR) is 562 cm³/mol. The highest BCUT2D eigenvalue weighted by molar-refractivity contribution is 7.71. The topological polar surface area (TPSA) is 94.3 Å². The maximum absolute atomic E-state index is 13.1. The van der Waals surface area contributed by atoms with Crippen molar-refractivity contribution in [3.63, 3.8) is 0 Å². The number of benzene rings is 18. The Balaban J connectivity index is 0.000000103. The normalized spacial score (nSPS) is 12.8. The van der Waals surface area contributed by atoms with E-state index in [1.165, 1.54) is 144 Å². The molecule has 2 aliphatic carbocycles. The molecule has 2 aliphatic rings. The van der Waals surface area contributed by atoms with Gasteiger partial charge in [0.05, 0.1) is 25.8 Å². The van der Waals surface area contributed by atoms with Gasteiger partial charge in [0.25, 0.3) is 0 Å². The van der Waals surface area contributed by atoms with Crippen molar-refractivity contribution in [3.8, 4) is 77.2 Å². The van der Waals surface area contributed by atoms with Gasteiger partial charge in [-0.1, -0.05) is 328 Å². The fourth-order valence-electron chi connectivity index (χ4n) is 19.7. The maximum Gasteiger partial charge on any atom is 0.143 e. The Bertz CT molecular complexity index is 8620. The van der Waals surface area contributed by atoms with Crippen LogP contribution >= 0.6 is 62.6 Å². The summed E-state index contributed by atoms with van der Waals surface area (Å²) in [5.74, 6) is 0. The first-order chi connectivity index (χ1) is 62.5. The summed E-state index contributed by atoms with van der Waals surface area (Å²) in [6, 6.07) is 133. The molecule has 129 heavy (non-hydrogen) atoms. The summed E-state index contributed by atoms with van der Waals surface area (Å²) in [5, 5.41) is 22.5. The lowest BCUT2D eigenvalue weighted by Crippen LogP contribution is -2.25. The van der Waals surface area contributed by atoms with E-state index >= 15 is 0 Å². The van der Waals surface area contributed by atoms with Gasteiger partial charge in [-0.25, -0.2) is 4.98 Å². The molecule has 0 atom stereocenters. The molecule has 0 bridgehead atoms. The molecule has 18 aromatic carbocycles. The minimum absolute atomic E-state index is 0.389. The lowest BCUT2D eigenvalue weighted by atomic mass is 9.70. The van der Waals surface area contributed by atoms with E-state index in [0.29, 0.717) is 0 Å². The summed E-state index contributed by atoms with van der Waals surface area (Å²) in [5.41, 5.74) is 24.3. The van der Waals surface area contributed by atoms with Crippen molar-refractivity contribution in [2.45, 2.75) is 5.41 Å². The van der Waals surface area contributed by atoms with Crippen LogP contribution in [-0.4, -0.2) is 58.3 Å². The van der Waals surface area contributed by atoms with E-state index in [2.05, 4.69) is 339 Å². The fraction of sp³-hybridized carbons (Fsp3) is 0.0776. The molecule has 5 aromatic heterocycles. The zero-order chi connectivity index (χ0) is 88.0. The molecule has 0 radical (unpaired) electrons. The van der Waals surface area contributed by atoms with Gasteiger partial charge in [-0.3, -0.25) is 0 Å². The van der Waals surface area contributed by atoms with Gasteiger partial charge < -0.3 is 22.7 Å². The molecule has 5 heterocycles. The van der Waals surface area contributed by atoms with Crippen LogP contribution < -0.4 is 21.2 Å². The van der Waals surface area contributed by atoms with E-state index in [1.54, 1.807) is 13.3 Å². The second-order valence-corrected chi connectivity index (χ2v) is 51.4.